The summed E-state index contributed by atoms with van der Waals surface area (Å²) in [6.45, 7) is -0.0672. The van der Waals surface area contributed by atoms with Gasteiger partial charge in [0, 0.05) is 16.8 Å². The van der Waals surface area contributed by atoms with Gasteiger partial charge < -0.3 is 10.8 Å². The molecule has 3 N–H and O–H groups in total. The Hall–Kier alpha value is -1.17. The van der Waals surface area contributed by atoms with E-state index in [0.29, 0.717) is 17.1 Å². The molecule has 1 aromatic rings. The second-order valence-electron chi connectivity index (χ2n) is 2.51. The van der Waals surface area contributed by atoms with Gasteiger partial charge in [0.1, 0.15) is 0 Å². The molecule has 0 radical (unpaired) electrons. The fraction of sp³-hybridized carbons (Fsp3) is 0.200. The summed E-state index contributed by atoms with van der Waals surface area (Å²) in [5.74, 6) is 5.88. The van der Waals surface area contributed by atoms with E-state index in [0.717, 1.165) is 5.56 Å². The number of nitrogens with two attached hydrogens (primary N) is 1. The molecule has 0 aliphatic heterocycles. The summed E-state index contributed by atoms with van der Waals surface area (Å²) in [6.07, 6.45) is 0. The number of hydrogen-bond acceptors (Lipinski definition) is 2. The van der Waals surface area contributed by atoms with Gasteiger partial charge in [-0.1, -0.05) is 11.8 Å². The van der Waals surface area contributed by atoms with Crippen LogP contribution in [0.1, 0.15) is 11.1 Å². The molecule has 0 atom stereocenters. The highest BCUT2D eigenvalue weighted by Crippen LogP contribution is 2.13. The molecule has 0 heterocycles. The van der Waals surface area contributed by atoms with E-state index in [1.54, 1.807) is 18.2 Å². The van der Waals surface area contributed by atoms with Gasteiger partial charge in [-0.2, -0.15) is 0 Å². The molecule has 68 valence electrons. The first-order chi connectivity index (χ1) is 6.27. The Morgan fingerprint density at radius 1 is 1.46 bits per heavy atom. The molecule has 0 saturated heterocycles. The molecule has 3 heteroatoms. The Labute approximate surface area is 82.3 Å². The summed E-state index contributed by atoms with van der Waals surface area (Å²) >= 11 is 5.41. The highest BCUT2D eigenvalue weighted by atomic mass is 35.5. The van der Waals surface area contributed by atoms with E-state index in [1.165, 1.54) is 0 Å². The second-order valence-corrected chi connectivity index (χ2v) is 2.77. The fourth-order valence-electron chi connectivity index (χ4n) is 0.956. The molecular weight excluding hydrogens is 186 g/mol. The van der Waals surface area contributed by atoms with Crippen LogP contribution in [0.5, 0.6) is 0 Å². The van der Waals surface area contributed by atoms with E-state index in [9.17, 15) is 0 Å². The predicted molar refractivity (Wildman–Crippen MR) is 54.4 cm³/mol. The van der Waals surface area contributed by atoms with Crippen LogP contribution in [0.4, 0.5) is 5.69 Å². The average Bonchev–Trinajstić information content (AvgIpc) is 2.16. The Kier molecular flexibility index (Phi) is 3.63. The number of halogens is 1. The Morgan fingerprint density at radius 2 is 2.23 bits per heavy atom. The van der Waals surface area contributed by atoms with Crippen molar-refractivity contribution in [3.8, 4) is 11.8 Å². The van der Waals surface area contributed by atoms with Crippen LogP contribution in [0.2, 0.25) is 0 Å². The Morgan fingerprint density at radius 3 is 2.85 bits per heavy atom. The van der Waals surface area contributed by atoms with Gasteiger partial charge in [0.15, 0.2) is 0 Å². The molecule has 0 saturated carbocycles. The van der Waals surface area contributed by atoms with Crippen molar-refractivity contribution in [3.05, 3.63) is 29.3 Å². The van der Waals surface area contributed by atoms with Crippen molar-refractivity contribution < 1.29 is 5.11 Å². The molecule has 1 rings (SSSR count). The standard InChI is InChI=1S/C10H10ClNO/c11-5-1-2-8-3-4-10(12)9(6-8)7-13/h3-4,6,13H,5,7,12H2. The molecule has 0 amide bonds. The lowest BCUT2D eigenvalue weighted by Crippen LogP contribution is -1.94. The maximum Gasteiger partial charge on any atom is 0.0839 e. The van der Waals surface area contributed by atoms with Crippen molar-refractivity contribution in [2.45, 2.75) is 6.61 Å². The normalized spacial score (nSPS) is 9.08. The van der Waals surface area contributed by atoms with Crippen molar-refractivity contribution in [1.82, 2.24) is 0 Å². The molecule has 1 aromatic carbocycles. The van der Waals surface area contributed by atoms with E-state index in [2.05, 4.69) is 11.8 Å². The highest BCUT2D eigenvalue weighted by Gasteiger charge is 1.97. The SMILES string of the molecule is Nc1ccc(C#CCCl)cc1CO. The largest absolute Gasteiger partial charge is 0.398 e. The summed E-state index contributed by atoms with van der Waals surface area (Å²) in [7, 11) is 0. The van der Waals surface area contributed by atoms with Crippen LogP contribution in [0.3, 0.4) is 0 Å². The molecule has 2 nitrogen and oxygen atoms in total. The van der Waals surface area contributed by atoms with Crippen LogP contribution in [0.15, 0.2) is 18.2 Å². The third kappa shape index (κ3) is 2.66. The number of benzene rings is 1. The van der Waals surface area contributed by atoms with Crippen molar-refractivity contribution in [2.75, 3.05) is 11.6 Å². The minimum Gasteiger partial charge on any atom is -0.398 e. The first-order valence-electron chi connectivity index (χ1n) is 3.82. The van der Waals surface area contributed by atoms with Gasteiger partial charge in [0.25, 0.3) is 0 Å². The lowest BCUT2D eigenvalue weighted by Gasteiger charge is -2.01. The minimum atomic E-state index is -0.0672. The maximum absolute atomic E-state index is 8.91. The lowest BCUT2D eigenvalue weighted by atomic mass is 10.1. The van der Waals surface area contributed by atoms with Crippen LogP contribution in [-0.2, 0) is 6.61 Å². The van der Waals surface area contributed by atoms with Gasteiger partial charge in [-0.3, -0.25) is 0 Å². The molecule has 0 spiro atoms. The smallest absolute Gasteiger partial charge is 0.0839 e. The van der Waals surface area contributed by atoms with Crippen LogP contribution in [0.25, 0.3) is 0 Å². The predicted octanol–water partition coefficient (Wildman–Crippen LogP) is 1.35. The summed E-state index contributed by atoms with van der Waals surface area (Å²) in [6, 6.07) is 5.28. The van der Waals surface area contributed by atoms with Crippen molar-refractivity contribution >= 4 is 17.3 Å². The molecule has 0 bridgehead atoms. The first-order valence-corrected chi connectivity index (χ1v) is 4.35. The number of nitrogen functional groups attached to an aromatic ring is 1. The molecule has 0 aliphatic rings. The number of aliphatic hydroxyl groups is 1. The first kappa shape index (κ1) is 9.91. The van der Waals surface area contributed by atoms with Crippen LogP contribution in [0, 0.1) is 11.8 Å². The van der Waals surface area contributed by atoms with E-state index < -0.39 is 0 Å². The number of alkyl halides is 1. The van der Waals surface area contributed by atoms with Crippen molar-refractivity contribution in [1.29, 1.82) is 0 Å². The van der Waals surface area contributed by atoms with Gasteiger partial charge >= 0.3 is 0 Å². The molecule has 0 fully saturated rings. The monoisotopic (exact) mass is 195 g/mol. The van der Waals surface area contributed by atoms with E-state index in [4.69, 9.17) is 22.4 Å². The molecule has 0 aromatic heterocycles. The summed E-state index contributed by atoms with van der Waals surface area (Å²) < 4.78 is 0. The zero-order valence-electron chi connectivity index (χ0n) is 7.05. The Balaban J connectivity index is 2.99. The van der Waals surface area contributed by atoms with Crippen LogP contribution in [-0.4, -0.2) is 11.0 Å². The number of anilines is 1. The Bertz CT molecular complexity index is 352. The molecular formula is C10H10ClNO. The van der Waals surface area contributed by atoms with Gasteiger partial charge in [-0.05, 0) is 18.2 Å². The van der Waals surface area contributed by atoms with Crippen LogP contribution >= 0.6 is 11.6 Å². The second kappa shape index (κ2) is 4.76. The van der Waals surface area contributed by atoms with E-state index in [1.807, 2.05) is 0 Å². The quantitative estimate of drug-likeness (QED) is 0.404. The number of aliphatic hydroxyl groups excluding tert-OH is 1. The lowest BCUT2D eigenvalue weighted by molar-refractivity contribution is 0.282. The summed E-state index contributed by atoms with van der Waals surface area (Å²) in [4.78, 5) is 0. The average molecular weight is 196 g/mol. The third-order valence-electron chi connectivity index (χ3n) is 1.61. The van der Waals surface area contributed by atoms with Gasteiger partial charge in [0.05, 0.1) is 12.5 Å². The maximum atomic E-state index is 8.91. The van der Waals surface area contributed by atoms with E-state index >= 15 is 0 Å². The topological polar surface area (TPSA) is 46.2 Å². The van der Waals surface area contributed by atoms with Gasteiger partial charge in [-0.15, -0.1) is 11.6 Å². The number of hydrogen-bond donors (Lipinski definition) is 2. The third-order valence-corrected chi connectivity index (χ3v) is 1.75. The van der Waals surface area contributed by atoms with Crippen molar-refractivity contribution in [2.24, 2.45) is 0 Å². The van der Waals surface area contributed by atoms with Gasteiger partial charge in [0.2, 0.25) is 0 Å². The molecule has 0 aliphatic carbocycles. The minimum absolute atomic E-state index is 0.0672. The molecule has 13 heavy (non-hydrogen) atoms. The van der Waals surface area contributed by atoms with Gasteiger partial charge in [-0.25, -0.2) is 0 Å². The molecule has 0 unspecified atom stereocenters. The van der Waals surface area contributed by atoms with Crippen molar-refractivity contribution in [3.63, 3.8) is 0 Å². The van der Waals surface area contributed by atoms with Crippen LogP contribution < -0.4 is 5.73 Å². The fourth-order valence-corrected chi connectivity index (χ4v) is 1.02. The zero-order chi connectivity index (χ0) is 9.68. The summed E-state index contributed by atoms with van der Waals surface area (Å²) in [5.41, 5.74) is 7.69. The zero-order valence-corrected chi connectivity index (χ0v) is 7.80. The highest BCUT2D eigenvalue weighted by molar-refractivity contribution is 6.19. The summed E-state index contributed by atoms with van der Waals surface area (Å²) in [5, 5.41) is 8.91. The number of rotatable bonds is 1. The van der Waals surface area contributed by atoms with E-state index in [-0.39, 0.29) is 6.61 Å².